The van der Waals surface area contributed by atoms with Gasteiger partial charge >= 0.3 is 0 Å². The maximum absolute atomic E-state index is 13.1. The first-order valence-electron chi connectivity index (χ1n) is 9.54. The van der Waals surface area contributed by atoms with Gasteiger partial charge in [-0.1, -0.05) is 48.5 Å². The molecule has 150 valence electrons. The van der Waals surface area contributed by atoms with Crippen molar-refractivity contribution in [2.24, 2.45) is 0 Å². The highest BCUT2D eigenvalue weighted by Crippen LogP contribution is 2.24. The Morgan fingerprint density at radius 2 is 1.70 bits per heavy atom. The molecule has 4 rings (SSSR count). The fourth-order valence-corrected chi connectivity index (χ4v) is 3.35. The van der Waals surface area contributed by atoms with Crippen molar-refractivity contribution < 1.29 is 9.53 Å². The van der Waals surface area contributed by atoms with E-state index in [0.717, 1.165) is 22.4 Å². The molecule has 0 fully saturated rings. The number of carbonyl (C=O) groups excluding carboxylic acids is 1. The van der Waals surface area contributed by atoms with Gasteiger partial charge in [-0.25, -0.2) is 4.98 Å². The van der Waals surface area contributed by atoms with Crippen LogP contribution in [0.2, 0.25) is 0 Å². The first-order valence-corrected chi connectivity index (χ1v) is 9.54. The number of pyridine rings is 1. The monoisotopic (exact) mass is 399 g/mol. The summed E-state index contributed by atoms with van der Waals surface area (Å²) in [4.78, 5) is 30.3. The second kappa shape index (κ2) is 8.21. The second-order valence-electron chi connectivity index (χ2n) is 7.00. The highest BCUT2D eigenvalue weighted by Gasteiger charge is 2.20. The minimum atomic E-state index is -0.479. The molecule has 0 spiro atoms. The van der Waals surface area contributed by atoms with E-state index in [1.807, 2.05) is 67.6 Å². The third kappa shape index (κ3) is 3.80. The summed E-state index contributed by atoms with van der Waals surface area (Å²) in [7, 11) is 1.60. The average Bonchev–Trinajstić information content (AvgIpc) is 2.78. The maximum Gasteiger partial charge on any atom is 0.270 e. The van der Waals surface area contributed by atoms with Gasteiger partial charge in [-0.05, 0) is 41.8 Å². The van der Waals surface area contributed by atoms with Crippen molar-refractivity contribution in [3.8, 4) is 5.75 Å². The van der Waals surface area contributed by atoms with Crippen LogP contribution in [0.3, 0.4) is 0 Å². The van der Waals surface area contributed by atoms with Crippen molar-refractivity contribution in [2.45, 2.75) is 13.0 Å². The van der Waals surface area contributed by atoms with Crippen LogP contribution in [0.1, 0.15) is 33.1 Å². The van der Waals surface area contributed by atoms with Crippen LogP contribution in [0.25, 0.3) is 5.65 Å². The van der Waals surface area contributed by atoms with Crippen molar-refractivity contribution in [2.75, 3.05) is 7.11 Å². The van der Waals surface area contributed by atoms with E-state index in [1.54, 1.807) is 19.4 Å². The molecule has 1 atom stereocenters. The largest absolute Gasteiger partial charge is 0.497 e. The van der Waals surface area contributed by atoms with Crippen molar-refractivity contribution in [3.05, 3.63) is 112 Å². The molecule has 0 bridgehead atoms. The van der Waals surface area contributed by atoms with Crippen LogP contribution >= 0.6 is 0 Å². The number of ether oxygens (including phenoxy) is 1. The summed E-state index contributed by atoms with van der Waals surface area (Å²) < 4.78 is 6.63. The Balaban J connectivity index is 1.72. The number of carbonyl (C=O) groups is 1. The van der Waals surface area contributed by atoms with Crippen molar-refractivity contribution in [1.82, 2.24) is 14.7 Å². The SMILES string of the molecule is COc1ccc(C(NC(=O)c2cnc3ccc(C)cn3c2=O)c2ccccc2)cc1. The molecule has 1 amide bonds. The molecular formula is C24H21N3O3. The normalized spacial score (nSPS) is 11.8. The molecule has 30 heavy (non-hydrogen) atoms. The van der Waals surface area contributed by atoms with Crippen LogP contribution in [-0.2, 0) is 0 Å². The van der Waals surface area contributed by atoms with E-state index in [-0.39, 0.29) is 5.56 Å². The van der Waals surface area contributed by atoms with Gasteiger partial charge in [-0.2, -0.15) is 0 Å². The first kappa shape index (κ1) is 19.4. The Morgan fingerprint density at radius 1 is 1.00 bits per heavy atom. The molecule has 2 aromatic heterocycles. The predicted molar refractivity (Wildman–Crippen MR) is 115 cm³/mol. The highest BCUT2D eigenvalue weighted by atomic mass is 16.5. The zero-order chi connectivity index (χ0) is 21.1. The summed E-state index contributed by atoms with van der Waals surface area (Å²) in [5.41, 5.74) is 2.78. The molecule has 0 aliphatic heterocycles. The topological polar surface area (TPSA) is 72.7 Å². The van der Waals surface area contributed by atoms with Gasteiger partial charge in [0.2, 0.25) is 0 Å². The van der Waals surface area contributed by atoms with E-state index in [1.165, 1.54) is 10.6 Å². The van der Waals surface area contributed by atoms with Crippen LogP contribution in [0.5, 0.6) is 5.75 Å². The summed E-state index contributed by atoms with van der Waals surface area (Å²) in [6.07, 6.45) is 3.01. The van der Waals surface area contributed by atoms with E-state index in [9.17, 15) is 9.59 Å². The molecule has 1 N–H and O–H groups in total. The molecule has 0 aliphatic rings. The van der Waals surface area contributed by atoms with Gasteiger partial charge in [0.05, 0.1) is 13.2 Å². The van der Waals surface area contributed by atoms with E-state index in [4.69, 9.17) is 4.74 Å². The van der Waals surface area contributed by atoms with Crippen LogP contribution in [0.15, 0.2) is 83.9 Å². The van der Waals surface area contributed by atoms with Gasteiger partial charge in [-0.3, -0.25) is 14.0 Å². The minimum Gasteiger partial charge on any atom is -0.497 e. The molecule has 0 saturated heterocycles. The Kier molecular flexibility index (Phi) is 5.30. The number of fused-ring (bicyclic) bond motifs is 1. The number of nitrogens with one attached hydrogen (secondary N) is 1. The number of aromatic nitrogens is 2. The standard InChI is InChI=1S/C24H21N3O3/c1-16-8-13-21-25-14-20(24(29)27(21)15-16)23(28)26-22(17-6-4-3-5-7-17)18-9-11-19(30-2)12-10-18/h3-15,22H,1-2H3,(H,26,28). The van der Waals surface area contributed by atoms with Crippen LogP contribution < -0.4 is 15.6 Å². The molecule has 1 unspecified atom stereocenters. The average molecular weight is 399 g/mol. The lowest BCUT2D eigenvalue weighted by atomic mass is 9.98. The van der Waals surface area contributed by atoms with E-state index in [0.29, 0.717) is 5.65 Å². The molecule has 6 heteroatoms. The number of benzene rings is 2. The zero-order valence-corrected chi connectivity index (χ0v) is 16.7. The Hall–Kier alpha value is -3.93. The lowest BCUT2D eigenvalue weighted by molar-refractivity contribution is 0.0941. The molecule has 2 aromatic carbocycles. The maximum atomic E-state index is 13.1. The van der Waals surface area contributed by atoms with E-state index >= 15 is 0 Å². The van der Waals surface area contributed by atoms with Crippen LogP contribution in [0, 0.1) is 6.92 Å². The molecule has 6 nitrogen and oxygen atoms in total. The molecule has 2 heterocycles. The fraction of sp³-hybridized carbons (Fsp3) is 0.125. The fourth-order valence-electron chi connectivity index (χ4n) is 3.35. The molecular weight excluding hydrogens is 378 g/mol. The van der Waals surface area contributed by atoms with E-state index in [2.05, 4.69) is 10.3 Å². The first-order chi connectivity index (χ1) is 14.6. The Labute approximate surface area is 173 Å². The van der Waals surface area contributed by atoms with Gasteiger partial charge < -0.3 is 10.1 Å². The number of nitrogens with zero attached hydrogens (tertiary/aromatic N) is 2. The second-order valence-corrected chi connectivity index (χ2v) is 7.00. The number of amides is 1. The van der Waals surface area contributed by atoms with Gasteiger partial charge in [-0.15, -0.1) is 0 Å². The number of methoxy groups -OCH3 is 1. The van der Waals surface area contributed by atoms with Gasteiger partial charge in [0.15, 0.2) is 0 Å². The summed E-state index contributed by atoms with van der Waals surface area (Å²) in [5.74, 6) is 0.248. The quantitative estimate of drug-likeness (QED) is 0.557. The van der Waals surface area contributed by atoms with Crippen molar-refractivity contribution in [1.29, 1.82) is 0 Å². The lowest BCUT2D eigenvalue weighted by Gasteiger charge is -2.20. The van der Waals surface area contributed by atoms with Crippen molar-refractivity contribution in [3.63, 3.8) is 0 Å². The van der Waals surface area contributed by atoms with Gasteiger partial charge in [0.25, 0.3) is 11.5 Å². The summed E-state index contributed by atoms with van der Waals surface area (Å²) >= 11 is 0. The zero-order valence-electron chi connectivity index (χ0n) is 16.7. The minimum absolute atomic E-state index is 0.00690. The lowest BCUT2D eigenvalue weighted by Crippen LogP contribution is -2.34. The summed E-state index contributed by atoms with van der Waals surface area (Å²) in [5, 5.41) is 2.99. The number of aryl methyl sites for hydroxylation is 1. The Morgan fingerprint density at radius 3 is 2.40 bits per heavy atom. The third-order valence-electron chi connectivity index (χ3n) is 4.95. The predicted octanol–water partition coefficient (Wildman–Crippen LogP) is 3.53. The molecule has 0 radical (unpaired) electrons. The summed E-state index contributed by atoms with van der Waals surface area (Å²) in [6.45, 7) is 1.88. The smallest absolute Gasteiger partial charge is 0.270 e. The van der Waals surface area contributed by atoms with Crippen LogP contribution in [0.4, 0.5) is 0 Å². The molecule has 0 aliphatic carbocycles. The molecule has 4 aromatic rings. The number of hydrogen-bond acceptors (Lipinski definition) is 4. The van der Waals surface area contributed by atoms with Gasteiger partial charge in [0, 0.05) is 12.4 Å². The van der Waals surface area contributed by atoms with Crippen LogP contribution in [-0.4, -0.2) is 22.4 Å². The van der Waals surface area contributed by atoms with E-state index < -0.39 is 17.5 Å². The number of hydrogen-bond donors (Lipinski definition) is 1. The Bertz CT molecular complexity index is 1250. The number of rotatable bonds is 5. The third-order valence-corrected chi connectivity index (χ3v) is 4.95. The van der Waals surface area contributed by atoms with Gasteiger partial charge in [0.1, 0.15) is 17.0 Å². The molecule has 0 saturated carbocycles. The van der Waals surface area contributed by atoms with Crippen molar-refractivity contribution >= 4 is 11.6 Å². The highest BCUT2D eigenvalue weighted by molar-refractivity contribution is 5.94. The summed E-state index contributed by atoms with van der Waals surface area (Å²) in [6, 6.07) is 20.3.